The molecule has 0 N–H and O–H groups in total. The Morgan fingerprint density at radius 2 is 1.57 bits per heavy atom. The van der Waals surface area contributed by atoms with Gasteiger partial charge in [-0.3, -0.25) is 0 Å². The van der Waals surface area contributed by atoms with Crippen LogP contribution < -0.4 is 4.74 Å². The van der Waals surface area contributed by atoms with Crippen molar-refractivity contribution in [1.29, 1.82) is 0 Å². The van der Waals surface area contributed by atoms with Crippen LogP contribution in [0.5, 0.6) is 5.75 Å². The summed E-state index contributed by atoms with van der Waals surface area (Å²) in [5.74, 6) is 1.11. The van der Waals surface area contributed by atoms with Crippen LogP contribution in [0.25, 0.3) is 22.3 Å². The van der Waals surface area contributed by atoms with Gasteiger partial charge in [0.15, 0.2) is 4.90 Å². The number of methoxy groups -OCH3 is 1. The van der Waals surface area contributed by atoms with Gasteiger partial charge in [0.2, 0.25) is 0 Å². The van der Waals surface area contributed by atoms with Crippen molar-refractivity contribution in [2.45, 2.75) is 10.6 Å². The lowest BCUT2D eigenvalue weighted by molar-refractivity contribution is 0.411. The third-order valence-electron chi connectivity index (χ3n) is 4.88. The van der Waals surface area contributed by atoms with Crippen molar-refractivity contribution in [1.82, 2.24) is 0 Å². The van der Waals surface area contributed by atoms with Gasteiger partial charge >= 0.3 is 0 Å². The van der Waals surface area contributed by atoms with E-state index in [0.29, 0.717) is 10.8 Å². The van der Waals surface area contributed by atoms with Gasteiger partial charge in [-0.1, -0.05) is 54.1 Å². The number of hydrogen-bond acceptors (Lipinski definition) is 2. The highest BCUT2D eigenvalue weighted by molar-refractivity contribution is 7.90. The van der Waals surface area contributed by atoms with Crippen molar-refractivity contribution >= 4 is 22.8 Å². The van der Waals surface area contributed by atoms with Gasteiger partial charge in [0, 0.05) is 10.6 Å². The lowest BCUT2D eigenvalue weighted by Gasteiger charge is -2.15. The monoisotopic (exact) mass is 431 g/mol. The van der Waals surface area contributed by atoms with Crippen molar-refractivity contribution in [3.8, 4) is 28.0 Å². The van der Waals surface area contributed by atoms with Crippen LogP contribution in [-0.2, 0) is 16.9 Å². The van der Waals surface area contributed by atoms with E-state index in [4.69, 9.17) is 16.3 Å². The summed E-state index contributed by atoms with van der Waals surface area (Å²) in [7, 11) is 1.63. The Kier molecular flexibility index (Phi) is 6.44. The summed E-state index contributed by atoms with van der Waals surface area (Å²) >= 11 is 4.81. The number of hydrogen-bond donors (Lipinski definition) is 0. The number of halogens is 1. The molecule has 149 valence electrons. The fourth-order valence-electron chi connectivity index (χ4n) is 3.30. The van der Waals surface area contributed by atoms with E-state index in [9.17, 15) is 4.55 Å². The largest absolute Gasteiger partial charge is 0.611 e. The molecule has 4 aromatic carbocycles. The zero-order valence-corrected chi connectivity index (χ0v) is 18.0. The van der Waals surface area contributed by atoms with Crippen LogP contribution in [-0.4, -0.2) is 11.7 Å². The Labute approximate surface area is 185 Å². The third kappa shape index (κ3) is 4.71. The molecular formula is C26H20ClO2S. The van der Waals surface area contributed by atoms with Crippen molar-refractivity contribution < 1.29 is 9.29 Å². The summed E-state index contributed by atoms with van der Waals surface area (Å²) in [5, 5.41) is 0.699. The van der Waals surface area contributed by atoms with E-state index in [1.54, 1.807) is 7.11 Å². The Balaban J connectivity index is 1.56. The molecule has 0 aliphatic heterocycles. The zero-order chi connectivity index (χ0) is 20.9. The van der Waals surface area contributed by atoms with Gasteiger partial charge < -0.3 is 9.29 Å². The number of rotatable bonds is 6. The molecule has 4 rings (SSSR count). The Bertz CT molecular complexity index is 1110. The first-order valence-corrected chi connectivity index (χ1v) is 11.2. The minimum atomic E-state index is -1.19. The predicted octanol–water partition coefficient (Wildman–Crippen LogP) is 6.79. The van der Waals surface area contributed by atoms with E-state index in [1.165, 1.54) is 0 Å². The van der Waals surface area contributed by atoms with Gasteiger partial charge in [-0.25, -0.2) is 0 Å². The standard InChI is InChI=1S/C26H20ClO2S/c1-29-26-16-11-22(21-7-12-24(27)13-8-21)17-23(26)18-30(28)25-14-9-20(10-15-25)19-5-3-2-4-6-19/h2-5,7-17H,18H2,1H3. The minimum Gasteiger partial charge on any atom is -0.611 e. The van der Waals surface area contributed by atoms with Crippen LogP contribution >= 0.6 is 11.6 Å². The highest BCUT2D eigenvalue weighted by Gasteiger charge is 2.16. The molecule has 1 atom stereocenters. The van der Waals surface area contributed by atoms with Crippen molar-refractivity contribution in [2.24, 2.45) is 0 Å². The van der Waals surface area contributed by atoms with E-state index < -0.39 is 11.2 Å². The molecule has 0 bridgehead atoms. The second kappa shape index (κ2) is 9.40. The molecule has 4 heteroatoms. The maximum absolute atomic E-state index is 13.1. The fraction of sp³-hybridized carbons (Fsp3) is 0.0769. The summed E-state index contributed by atoms with van der Waals surface area (Å²) in [6.45, 7) is 0. The highest BCUT2D eigenvalue weighted by Crippen LogP contribution is 2.30. The van der Waals surface area contributed by atoms with Gasteiger partial charge in [0.1, 0.15) is 11.5 Å². The molecule has 0 heterocycles. The molecule has 0 spiro atoms. The third-order valence-corrected chi connectivity index (χ3v) is 6.50. The number of benzene rings is 4. The molecule has 4 aromatic rings. The highest BCUT2D eigenvalue weighted by atomic mass is 35.5. The summed E-state index contributed by atoms with van der Waals surface area (Å²) in [5.41, 5.74) is 5.07. The second-order valence-corrected chi connectivity index (χ2v) is 8.71. The molecule has 0 saturated heterocycles. The summed E-state index contributed by atoms with van der Waals surface area (Å²) < 4.78 is 18.6. The first-order valence-electron chi connectivity index (χ1n) is 9.52. The maximum Gasteiger partial charge on any atom is 0.153 e. The molecule has 2 nitrogen and oxygen atoms in total. The van der Waals surface area contributed by atoms with Gasteiger partial charge in [0.25, 0.3) is 0 Å². The van der Waals surface area contributed by atoms with Crippen molar-refractivity contribution in [2.75, 3.05) is 7.11 Å². The van der Waals surface area contributed by atoms with Crippen LogP contribution in [0, 0.1) is 6.07 Å². The van der Waals surface area contributed by atoms with E-state index in [1.807, 2.05) is 91.0 Å². The molecular weight excluding hydrogens is 412 g/mol. The first kappa shape index (κ1) is 20.5. The molecule has 0 aliphatic carbocycles. The molecule has 0 aliphatic rings. The second-order valence-electron chi connectivity index (χ2n) is 6.82. The van der Waals surface area contributed by atoms with E-state index >= 15 is 0 Å². The van der Waals surface area contributed by atoms with Gasteiger partial charge in [-0.05, 0) is 88.0 Å². The van der Waals surface area contributed by atoms with E-state index in [0.717, 1.165) is 38.5 Å². The van der Waals surface area contributed by atoms with Crippen LogP contribution in [0.4, 0.5) is 0 Å². The van der Waals surface area contributed by atoms with Gasteiger partial charge in [-0.15, -0.1) is 0 Å². The van der Waals surface area contributed by atoms with Gasteiger partial charge in [0.05, 0.1) is 7.11 Å². The minimum absolute atomic E-state index is 0.376. The first-order chi connectivity index (χ1) is 14.6. The van der Waals surface area contributed by atoms with Crippen LogP contribution in [0.1, 0.15) is 5.56 Å². The summed E-state index contributed by atoms with van der Waals surface area (Å²) in [4.78, 5) is 0.786. The van der Waals surface area contributed by atoms with E-state index in [-0.39, 0.29) is 0 Å². The Morgan fingerprint density at radius 1 is 0.867 bits per heavy atom. The lowest BCUT2D eigenvalue weighted by Crippen LogP contribution is -2.06. The summed E-state index contributed by atoms with van der Waals surface area (Å²) in [6.07, 6.45) is 0. The summed E-state index contributed by atoms with van der Waals surface area (Å²) in [6, 6.07) is 32.5. The van der Waals surface area contributed by atoms with Crippen LogP contribution in [0.2, 0.25) is 5.02 Å². The van der Waals surface area contributed by atoms with Crippen LogP contribution in [0.15, 0.2) is 95.9 Å². The molecule has 1 radical (unpaired) electrons. The quantitative estimate of drug-likeness (QED) is 0.315. The normalized spacial score (nSPS) is 11.8. The molecule has 0 amide bonds. The average Bonchev–Trinajstić information content (AvgIpc) is 2.80. The molecule has 0 aromatic heterocycles. The Morgan fingerprint density at radius 3 is 2.23 bits per heavy atom. The topological polar surface area (TPSA) is 32.3 Å². The van der Waals surface area contributed by atoms with Crippen molar-refractivity contribution in [3.05, 3.63) is 108 Å². The molecule has 0 saturated carbocycles. The average molecular weight is 432 g/mol. The van der Waals surface area contributed by atoms with Crippen LogP contribution in [0.3, 0.4) is 0 Å². The predicted molar refractivity (Wildman–Crippen MR) is 124 cm³/mol. The zero-order valence-electron chi connectivity index (χ0n) is 16.5. The number of ether oxygens (including phenoxy) is 1. The molecule has 0 fully saturated rings. The molecule has 30 heavy (non-hydrogen) atoms. The maximum atomic E-state index is 13.1. The lowest BCUT2D eigenvalue weighted by atomic mass is 10.0. The fourth-order valence-corrected chi connectivity index (χ4v) is 4.54. The van der Waals surface area contributed by atoms with Crippen molar-refractivity contribution in [3.63, 3.8) is 0 Å². The molecule has 1 unspecified atom stereocenters. The smallest absolute Gasteiger partial charge is 0.153 e. The Hall–Kier alpha value is -2.72. The SMILES string of the molecule is COc1ccc(-c2ccc(Cl)cc2)cc1C[S+]([O-])c1ccc(-c2[c]cccc2)cc1. The van der Waals surface area contributed by atoms with Gasteiger partial charge in [-0.2, -0.15) is 0 Å². The van der Waals surface area contributed by atoms with E-state index in [2.05, 4.69) is 6.07 Å².